The van der Waals surface area contributed by atoms with Crippen LogP contribution in [0.1, 0.15) is 18.9 Å². The number of ether oxygens (including phenoxy) is 1. The van der Waals surface area contributed by atoms with E-state index in [4.69, 9.17) is 4.74 Å². The number of carboxylic acid groups (broad SMARTS) is 1. The van der Waals surface area contributed by atoms with Crippen molar-refractivity contribution in [3.63, 3.8) is 0 Å². The zero-order valence-electron chi connectivity index (χ0n) is 13.4. The van der Waals surface area contributed by atoms with Gasteiger partial charge in [0.05, 0.1) is 7.11 Å². The molecule has 1 amide bonds. The first-order valence-electron chi connectivity index (χ1n) is 7.74. The highest BCUT2D eigenvalue weighted by atomic mass is 32.1. The normalized spacial score (nSPS) is 22.0. The molecular weight excluding hydrogens is 314 g/mol. The van der Waals surface area contributed by atoms with Crippen LogP contribution in [0.5, 0.6) is 5.75 Å². The number of likely N-dealkylation sites (tertiary alicyclic amines) is 1. The average Bonchev–Trinajstić information content (AvgIpc) is 2.98. The lowest BCUT2D eigenvalue weighted by molar-refractivity contribution is -0.149. The summed E-state index contributed by atoms with van der Waals surface area (Å²) in [6.07, 6.45) is 1.17. The predicted molar refractivity (Wildman–Crippen MR) is 91.0 cm³/mol. The van der Waals surface area contributed by atoms with E-state index in [-0.39, 0.29) is 17.7 Å². The fourth-order valence-electron chi connectivity index (χ4n) is 3.09. The van der Waals surface area contributed by atoms with E-state index in [9.17, 15) is 14.7 Å². The van der Waals surface area contributed by atoms with Crippen LogP contribution in [-0.2, 0) is 16.0 Å². The smallest absolute Gasteiger partial charge is 0.326 e. The first-order chi connectivity index (χ1) is 11.0. The van der Waals surface area contributed by atoms with Crippen molar-refractivity contribution < 1.29 is 19.4 Å². The highest BCUT2D eigenvalue weighted by Crippen LogP contribution is 2.30. The van der Waals surface area contributed by atoms with Crippen LogP contribution in [0.15, 0.2) is 24.3 Å². The molecule has 1 aromatic carbocycles. The van der Waals surface area contributed by atoms with E-state index >= 15 is 0 Å². The van der Waals surface area contributed by atoms with Gasteiger partial charge in [-0.15, -0.1) is 0 Å². The van der Waals surface area contributed by atoms with Crippen molar-refractivity contribution in [2.24, 2.45) is 11.8 Å². The highest BCUT2D eigenvalue weighted by molar-refractivity contribution is 7.80. The molecule has 5 nitrogen and oxygen atoms in total. The molecule has 1 aromatic rings. The van der Waals surface area contributed by atoms with Crippen molar-refractivity contribution in [1.82, 2.24) is 4.90 Å². The Balaban J connectivity index is 2.14. The zero-order valence-corrected chi connectivity index (χ0v) is 14.3. The molecule has 0 radical (unpaired) electrons. The van der Waals surface area contributed by atoms with Gasteiger partial charge in [-0.2, -0.15) is 12.6 Å². The minimum atomic E-state index is -0.938. The minimum absolute atomic E-state index is 0.114. The molecule has 3 atom stereocenters. The number of thiol groups is 1. The number of hydrogen-bond donors (Lipinski definition) is 2. The van der Waals surface area contributed by atoms with E-state index in [1.807, 2.05) is 24.3 Å². The number of carbonyl (C=O) groups is 2. The number of rotatable bonds is 6. The standard InChI is InChI=1S/C17H23NO4S/c1-11(10-23)16(19)18-9-12(8-14(18)17(20)21)7-13-5-3-4-6-15(13)22-2/h3-6,11-12,14,23H,7-10H2,1-2H3,(H,20,21)/t11?,12?,14-/m0/s1. The summed E-state index contributed by atoms with van der Waals surface area (Å²) >= 11 is 4.15. The van der Waals surface area contributed by atoms with E-state index in [0.717, 1.165) is 11.3 Å². The number of aliphatic carboxylic acids is 1. The maximum atomic E-state index is 12.4. The number of para-hydroxylation sites is 1. The molecule has 0 aliphatic carbocycles. The van der Waals surface area contributed by atoms with Gasteiger partial charge in [0.15, 0.2) is 0 Å². The van der Waals surface area contributed by atoms with E-state index in [1.54, 1.807) is 14.0 Å². The SMILES string of the molecule is COc1ccccc1CC1C[C@@H](C(=O)O)N(C(=O)C(C)CS)C1. The first-order valence-corrected chi connectivity index (χ1v) is 8.37. The van der Waals surface area contributed by atoms with Crippen molar-refractivity contribution in [3.05, 3.63) is 29.8 Å². The summed E-state index contributed by atoms with van der Waals surface area (Å²) < 4.78 is 5.35. The van der Waals surface area contributed by atoms with Crippen LogP contribution in [-0.4, -0.2) is 47.3 Å². The predicted octanol–water partition coefficient (Wildman–Crippen LogP) is 2.11. The quantitative estimate of drug-likeness (QED) is 0.780. The van der Waals surface area contributed by atoms with Crippen LogP contribution >= 0.6 is 12.6 Å². The lowest BCUT2D eigenvalue weighted by atomic mass is 9.96. The molecule has 0 saturated carbocycles. The summed E-state index contributed by atoms with van der Waals surface area (Å²) in [6, 6.07) is 6.97. The topological polar surface area (TPSA) is 66.8 Å². The summed E-state index contributed by atoms with van der Waals surface area (Å²) in [7, 11) is 1.62. The van der Waals surface area contributed by atoms with Gasteiger partial charge in [-0.3, -0.25) is 4.79 Å². The third-order valence-corrected chi connectivity index (χ3v) is 4.90. The molecule has 6 heteroatoms. The molecular formula is C17H23NO4S. The molecule has 23 heavy (non-hydrogen) atoms. The van der Waals surface area contributed by atoms with Crippen LogP contribution < -0.4 is 4.74 Å². The Morgan fingerprint density at radius 1 is 1.43 bits per heavy atom. The van der Waals surface area contributed by atoms with E-state index in [1.165, 1.54) is 4.90 Å². The second kappa shape index (κ2) is 7.73. The van der Waals surface area contributed by atoms with Crippen LogP contribution in [0.4, 0.5) is 0 Å². The average molecular weight is 337 g/mol. The minimum Gasteiger partial charge on any atom is -0.496 e. The van der Waals surface area contributed by atoms with Crippen LogP contribution in [0, 0.1) is 11.8 Å². The molecule has 126 valence electrons. The third kappa shape index (κ3) is 3.99. The molecule has 0 aromatic heterocycles. The molecule has 2 rings (SSSR count). The molecule has 1 N–H and O–H groups in total. The van der Waals surface area contributed by atoms with Gasteiger partial charge in [0, 0.05) is 18.2 Å². The number of amides is 1. The van der Waals surface area contributed by atoms with E-state index in [0.29, 0.717) is 25.1 Å². The Labute approximate surface area is 142 Å². The molecule has 1 aliphatic rings. The van der Waals surface area contributed by atoms with E-state index in [2.05, 4.69) is 12.6 Å². The lowest BCUT2D eigenvalue weighted by Gasteiger charge is -2.24. The van der Waals surface area contributed by atoms with Crippen molar-refractivity contribution in [1.29, 1.82) is 0 Å². The number of hydrogen-bond acceptors (Lipinski definition) is 4. The van der Waals surface area contributed by atoms with Gasteiger partial charge in [0.1, 0.15) is 11.8 Å². The van der Waals surface area contributed by atoms with Gasteiger partial charge in [-0.25, -0.2) is 4.79 Å². The maximum absolute atomic E-state index is 12.4. The second-order valence-corrected chi connectivity index (χ2v) is 6.41. The van der Waals surface area contributed by atoms with Gasteiger partial charge in [-0.1, -0.05) is 25.1 Å². The van der Waals surface area contributed by atoms with Gasteiger partial charge in [-0.05, 0) is 30.4 Å². The molecule has 1 heterocycles. The Bertz CT molecular complexity index is 577. The number of carboxylic acids is 1. The summed E-state index contributed by atoms with van der Waals surface area (Å²) in [6.45, 7) is 2.24. The lowest BCUT2D eigenvalue weighted by Crippen LogP contribution is -2.43. The third-order valence-electron chi connectivity index (χ3n) is 4.35. The summed E-state index contributed by atoms with van der Waals surface area (Å²) in [5, 5.41) is 9.43. The van der Waals surface area contributed by atoms with Crippen molar-refractivity contribution >= 4 is 24.5 Å². The molecule has 0 bridgehead atoms. The molecule has 1 aliphatic heterocycles. The molecule has 2 unspecified atom stereocenters. The van der Waals surface area contributed by atoms with Gasteiger partial charge >= 0.3 is 5.97 Å². The summed E-state index contributed by atoms with van der Waals surface area (Å²) in [5.41, 5.74) is 1.04. The Hall–Kier alpha value is -1.69. The highest BCUT2D eigenvalue weighted by Gasteiger charge is 2.40. The van der Waals surface area contributed by atoms with Crippen molar-refractivity contribution in [3.8, 4) is 5.75 Å². The fourth-order valence-corrected chi connectivity index (χ4v) is 3.25. The molecule has 1 fully saturated rings. The number of carbonyl (C=O) groups excluding carboxylic acids is 1. The molecule has 0 spiro atoms. The number of nitrogens with zero attached hydrogens (tertiary/aromatic N) is 1. The van der Waals surface area contributed by atoms with Gasteiger partial charge < -0.3 is 14.7 Å². The Morgan fingerprint density at radius 2 is 2.13 bits per heavy atom. The fraction of sp³-hybridized carbons (Fsp3) is 0.529. The monoisotopic (exact) mass is 337 g/mol. The summed E-state index contributed by atoms with van der Waals surface area (Å²) in [5.74, 6) is -0.0116. The number of methoxy groups -OCH3 is 1. The Kier molecular flexibility index (Phi) is 5.93. The van der Waals surface area contributed by atoms with Gasteiger partial charge in [0.25, 0.3) is 0 Å². The van der Waals surface area contributed by atoms with Crippen LogP contribution in [0.2, 0.25) is 0 Å². The summed E-state index contributed by atoms with van der Waals surface area (Å²) in [4.78, 5) is 25.4. The van der Waals surface area contributed by atoms with Crippen LogP contribution in [0.25, 0.3) is 0 Å². The van der Waals surface area contributed by atoms with Crippen LogP contribution in [0.3, 0.4) is 0 Å². The Morgan fingerprint density at radius 3 is 2.74 bits per heavy atom. The second-order valence-electron chi connectivity index (χ2n) is 6.05. The zero-order chi connectivity index (χ0) is 17.0. The number of benzene rings is 1. The van der Waals surface area contributed by atoms with Crippen molar-refractivity contribution in [2.75, 3.05) is 19.4 Å². The first kappa shape index (κ1) is 17.7. The maximum Gasteiger partial charge on any atom is 0.326 e. The molecule has 1 saturated heterocycles. The van der Waals surface area contributed by atoms with E-state index < -0.39 is 12.0 Å². The van der Waals surface area contributed by atoms with Gasteiger partial charge in [0.2, 0.25) is 5.91 Å². The van der Waals surface area contributed by atoms with Crippen molar-refractivity contribution in [2.45, 2.75) is 25.8 Å². The largest absolute Gasteiger partial charge is 0.496 e.